The topological polar surface area (TPSA) is 57.6 Å². The minimum absolute atomic E-state index is 0.109. The molecular formula is C17H14INO3. The van der Waals surface area contributed by atoms with Gasteiger partial charge in [-0.2, -0.15) is 0 Å². The third-order valence-corrected chi connectivity index (χ3v) is 4.80. The van der Waals surface area contributed by atoms with Crippen molar-refractivity contribution in [3.8, 4) is 0 Å². The largest absolute Gasteiger partial charge is 0.478 e. The number of carboxylic acid groups (broad SMARTS) is 1. The fourth-order valence-electron chi connectivity index (χ4n) is 2.66. The average molecular weight is 407 g/mol. The van der Waals surface area contributed by atoms with Gasteiger partial charge in [-0.25, -0.2) is 4.79 Å². The normalized spacial score (nSPS) is 13.6. The van der Waals surface area contributed by atoms with Gasteiger partial charge in [0, 0.05) is 16.7 Å². The SMILES string of the molecule is O=C(O)c1ccc(I)c(C(=O)N2CCc3ccccc3C2)c1. The van der Waals surface area contributed by atoms with Crippen molar-refractivity contribution in [1.29, 1.82) is 0 Å². The average Bonchev–Trinajstić information content (AvgIpc) is 2.54. The Hall–Kier alpha value is -1.89. The van der Waals surface area contributed by atoms with Crippen LogP contribution in [0.2, 0.25) is 0 Å². The lowest BCUT2D eigenvalue weighted by Crippen LogP contribution is -2.36. The van der Waals surface area contributed by atoms with Crippen molar-refractivity contribution in [1.82, 2.24) is 4.90 Å². The third kappa shape index (κ3) is 2.85. The summed E-state index contributed by atoms with van der Waals surface area (Å²) in [5.41, 5.74) is 3.04. The quantitative estimate of drug-likeness (QED) is 0.779. The number of halogens is 1. The standard InChI is InChI=1S/C17H14INO3/c18-15-6-5-12(17(21)22)9-14(15)16(20)19-8-7-11-3-1-2-4-13(11)10-19/h1-6,9H,7-8,10H2,(H,21,22). The monoisotopic (exact) mass is 407 g/mol. The van der Waals surface area contributed by atoms with Crippen molar-refractivity contribution in [3.05, 3.63) is 68.3 Å². The maximum absolute atomic E-state index is 12.7. The molecule has 112 valence electrons. The molecule has 0 fully saturated rings. The second-order valence-electron chi connectivity index (χ2n) is 5.25. The van der Waals surface area contributed by atoms with Crippen LogP contribution in [0.15, 0.2) is 42.5 Å². The van der Waals surface area contributed by atoms with Crippen LogP contribution in [0.1, 0.15) is 31.8 Å². The highest BCUT2D eigenvalue weighted by Gasteiger charge is 2.23. The zero-order valence-electron chi connectivity index (χ0n) is 11.8. The van der Waals surface area contributed by atoms with Crippen molar-refractivity contribution in [2.45, 2.75) is 13.0 Å². The highest BCUT2D eigenvalue weighted by Crippen LogP contribution is 2.23. The molecule has 0 aliphatic carbocycles. The minimum Gasteiger partial charge on any atom is -0.478 e. The van der Waals surface area contributed by atoms with Gasteiger partial charge in [-0.15, -0.1) is 0 Å². The summed E-state index contributed by atoms with van der Waals surface area (Å²) in [6.07, 6.45) is 0.830. The number of fused-ring (bicyclic) bond motifs is 1. The van der Waals surface area contributed by atoms with Gasteiger partial charge in [0.25, 0.3) is 5.91 Å². The van der Waals surface area contributed by atoms with Gasteiger partial charge in [0.2, 0.25) is 0 Å². The molecule has 1 N–H and O–H groups in total. The molecule has 0 aromatic heterocycles. The van der Waals surface area contributed by atoms with Crippen LogP contribution in [-0.4, -0.2) is 28.4 Å². The predicted octanol–water partition coefficient (Wildman–Crippen LogP) is 3.19. The van der Waals surface area contributed by atoms with Crippen molar-refractivity contribution in [2.75, 3.05) is 6.54 Å². The molecule has 0 radical (unpaired) electrons. The molecule has 22 heavy (non-hydrogen) atoms. The van der Waals surface area contributed by atoms with Crippen molar-refractivity contribution < 1.29 is 14.7 Å². The molecule has 0 unspecified atom stereocenters. The van der Waals surface area contributed by atoms with Gasteiger partial charge in [0.15, 0.2) is 0 Å². The van der Waals surface area contributed by atoms with Gasteiger partial charge in [0.1, 0.15) is 0 Å². The Morgan fingerprint density at radius 1 is 1.09 bits per heavy atom. The summed E-state index contributed by atoms with van der Waals surface area (Å²) in [5.74, 6) is -1.13. The molecule has 5 heteroatoms. The maximum atomic E-state index is 12.7. The summed E-state index contributed by atoms with van der Waals surface area (Å²) >= 11 is 2.07. The summed E-state index contributed by atoms with van der Waals surface area (Å²) in [5, 5.41) is 9.10. The number of carboxylic acids is 1. The number of aromatic carboxylic acids is 1. The summed E-state index contributed by atoms with van der Waals surface area (Å²) in [7, 11) is 0. The highest BCUT2D eigenvalue weighted by atomic mass is 127. The molecule has 0 atom stereocenters. The summed E-state index contributed by atoms with van der Waals surface area (Å²) in [6.45, 7) is 1.23. The Kier molecular flexibility index (Phi) is 4.15. The van der Waals surface area contributed by atoms with Crippen LogP contribution < -0.4 is 0 Å². The van der Waals surface area contributed by atoms with Gasteiger partial charge in [-0.05, 0) is 58.3 Å². The van der Waals surface area contributed by atoms with Gasteiger partial charge in [-0.1, -0.05) is 24.3 Å². The molecule has 4 nitrogen and oxygen atoms in total. The molecule has 0 saturated carbocycles. The first-order chi connectivity index (χ1) is 10.6. The summed E-state index contributed by atoms with van der Waals surface area (Å²) in [6, 6.07) is 12.8. The second-order valence-corrected chi connectivity index (χ2v) is 6.41. The molecule has 1 heterocycles. The number of nitrogens with zero attached hydrogens (tertiary/aromatic N) is 1. The molecule has 1 aliphatic rings. The van der Waals surface area contributed by atoms with Gasteiger partial charge < -0.3 is 10.0 Å². The predicted molar refractivity (Wildman–Crippen MR) is 91.0 cm³/mol. The molecule has 2 aromatic rings. The molecule has 0 saturated heterocycles. The second kappa shape index (κ2) is 6.08. The van der Waals surface area contributed by atoms with E-state index < -0.39 is 5.97 Å². The molecule has 1 amide bonds. The Morgan fingerprint density at radius 3 is 2.55 bits per heavy atom. The number of carbonyl (C=O) groups is 2. The number of carbonyl (C=O) groups excluding carboxylic acids is 1. The van der Waals surface area contributed by atoms with Crippen LogP contribution in [0.3, 0.4) is 0 Å². The fraction of sp³-hybridized carbons (Fsp3) is 0.176. The molecule has 3 rings (SSSR count). The van der Waals surface area contributed by atoms with Gasteiger partial charge in [0.05, 0.1) is 11.1 Å². The molecule has 2 aromatic carbocycles. The van der Waals surface area contributed by atoms with E-state index in [1.807, 2.05) is 18.2 Å². The Morgan fingerprint density at radius 2 is 1.82 bits per heavy atom. The van der Waals surface area contributed by atoms with Crippen molar-refractivity contribution in [2.24, 2.45) is 0 Å². The van der Waals surface area contributed by atoms with Crippen LogP contribution in [-0.2, 0) is 13.0 Å². The van der Waals surface area contributed by atoms with E-state index in [1.165, 1.54) is 17.7 Å². The lowest BCUT2D eigenvalue weighted by Gasteiger charge is -2.29. The van der Waals surface area contributed by atoms with Crippen molar-refractivity contribution >= 4 is 34.5 Å². The van der Waals surface area contributed by atoms with Crippen LogP contribution in [0.25, 0.3) is 0 Å². The summed E-state index contributed by atoms with van der Waals surface area (Å²) in [4.78, 5) is 25.6. The first-order valence-electron chi connectivity index (χ1n) is 6.95. The van der Waals surface area contributed by atoms with Crippen LogP contribution >= 0.6 is 22.6 Å². The molecular weight excluding hydrogens is 393 g/mol. The van der Waals surface area contributed by atoms with E-state index in [1.54, 1.807) is 11.0 Å². The van der Waals surface area contributed by atoms with E-state index in [0.29, 0.717) is 18.7 Å². The molecule has 0 spiro atoms. The van der Waals surface area contributed by atoms with E-state index >= 15 is 0 Å². The Bertz CT molecular complexity index is 757. The zero-order chi connectivity index (χ0) is 15.7. The molecule has 1 aliphatic heterocycles. The fourth-order valence-corrected chi connectivity index (χ4v) is 3.23. The first-order valence-corrected chi connectivity index (χ1v) is 8.03. The van der Waals surface area contributed by atoms with E-state index in [0.717, 1.165) is 15.6 Å². The number of rotatable bonds is 2. The zero-order valence-corrected chi connectivity index (χ0v) is 13.9. The van der Waals surface area contributed by atoms with Crippen LogP contribution in [0, 0.1) is 3.57 Å². The van der Waals surface area contributed by atoms with E-state index in [2.05, 4.69) is 28.7 Å². The van der Waals surface area contributed by atoms with Crippen molar-refractivity contribution in [3.63, 3.8) is 0 Å². The summed E-state index contributed by atoms with van der Waals surface area (Å²) < 4.78 is 0.770. The van der Waals surface area contributed by atoms with E-state index in [4.69, 9.17) is 5.11 Å². The number of hydrogen-bond acceptors (Lipinski definition) is 2. The van der Waals surface area contributed by atoms with Crippen LogP contribution in [0.5, 0.6) is 0 Å². The minimum atomic E-state index is -1.02. The lowest BCUT2D eigenvalue weighted by atomic mass is 9.99. The lowest BCUT2D eigenvalue weighted by molar-refractivity contribution is 0.0697. The number of amides is 1. The van der Waals surface area contributed by atoms with Gasteiger partial charge in [-0.3, -0.25) is 4.79 Å². The third-order valence-electron chi connectivity index (χ3n) is 3.86. The number of hydrogen-bond donors (Lipinski definition) is 1. The maximum Gasteiger partial charge on any atom is 0.335 e. The van der Waals surface area contributed by atoms with Gasteiger partial charge >= 0.3 is 5.97 Å². The van der Waals surface area contributed by atoms with E-state index in [-0.39, 0.29) is 11.5 Å². The highest BCUT2D eigenvalue weighted by molar-refractivity contribution is 14.1. The smallest absolute Gasteiger partial charge is 0.335 e. The van der Waals surface area contributed by atoms with Crippen LogP contribution in [0.4, 0.5) is 0 Å². The molecule has 0 bridgehead atoms. The Labute approximate surface area is 141 Å². The Balaban J connectivity index is 1.89. The van der Waals surface area contributed by atoms with E-state index in [9.17, 15) is 9.59 Å². The first kappa shape index (κ1) is 15.0. The number of benzene rings is 2.